The summed E-state index contributed by atoms with van der Waals surface area (Å²) in [5.41, 5.74) is 1.38. The third-order valence-corrected chi connectivity index (χ3v) is 24.6. The Morgan fingerprint density at radius 1 is 0.929 bits per heavy atom. The second-order valence-corrected chi connectivity index (χ2v) is 22.8. The summed E-state index contributed by atoms with van der Waals surface area (Å²) < 4.78 is 9.64. The van der Waals surface area contributed by atoms with Gasteiger partial charge in [0.2, 0.25) is 0 Å². The molecule has 1 nitrogen and oxygen atoms in total. The summed E-state index contributed by atoms with van der Waals surface area (Å²) in [4.78, 5) is 0. The quantitative estimate of drug-likeness (QED) is 0.665. The van der Waals surface area contributed by atoms with E-state index in [4.69, 9.17) is 2.79 Å². The molecular weight excluding hydrogens is 293 g/mol. The zero-order valence-corrected chi connectivity index (χ0v) is 13.8. The van der Waals surface area contributed by atoms with Crippen molar-refractivity contribution in [1.82, 2.24) is 0 Å². The Morgan fingerprint density at radius 2 is 1.50 bits per heavy atom. The molecule has 2 rings (SSSR count). The van der Waals surface area contributed by atoms with Crippen LogP contribution in [0.3, 0.4) is 0 Å². The molecule has 0 amide bonds. The fourth-order valence-corrected chi connectivity index (χ4v) is 33.7. The van der Waals surface area contributed by atoms with Crippen molar-refractivity contribution in [3.05, 3.63) is 23.8 Å². The van der Waals surface area contributed by atoms with Crippen molar-refractivity contribution >= 4 is 36.0 Å². The van der Waals surface area contributed by atoms with Crippen LogP contribution in [0.4, 0.5) is 0 Å². The van der Waals surface area contributed by atoms with Crippen molar-refractivity contribution in [2.45, 2.75) is 29.9 Å². The minimum atomic E-state index is -2.06. The van der Waals surface area contributed by atoms with E-state index in [9.17, 15) is 0 Å². The molecule has 0 N–H and O–H groups in total. The third-order valence-electron chi connectivity index (χ3n) is 2.98. The van der Waals surface area contributed by atoms with Gasteiger partial charge < -0.3 is 0 Å². The Hall–Kier alpha value is 0.266. The first kappa shape index (κ1) is 10.8. The molecule has 14 heavy (non-hydrogen) atoms. The number of hydrogen-bond donors (Lipinski definition) is 0. The molecular formula is C11H18Ge2O. The average Bonchev–Trinajstić information content (AvgIpc) is 2.17. The summed E-state index contributed by atoms with van der Waals surface area (Å²) in [6, 6.07) is 6.93. The van der Waals surface area contributed by atoms with Gasteiger partial charge in [-0.3, -0.25) is 0 Å². The molecule has 0 aliphatic carbocycles. The summed E-state index contributed by atoms with van der Waals surface area (Å²) in [5.74, 6) is 9.48. The van der Waals surface area contributed by atoms with Crippen LogP contribution in [-0.2, 0) is 2.79 Å². The van der Waals surface area contributed by atoms with Gasteiger partial charge in [-0.2, -0.15) is 0 Å². The average molecular weight is 311 g/mol. The summed E-state index contributed by atoms with van der Waals surface area (Å²) in [6.45, 7) is 2.18. The van der Waals surface area contributed by atoms with Gasteiger partial charge in [-0.05, 0) is 0 Å². The Labute approximate surface area is 92.3 Å². The van der Waals surface area contributed by atoms with Crippen molar-refractivity contribution in [2.75, 3.05) is 0 Å². The van der Waals surface area contributed by atoms with Crippen molar-refractivity contribution < 1.29 is 2.79 Å². The van der Waals surface area contributed by atoms with Crippen LogP contribution in [0, 0.1) is 6.92 Å². The van der Waals surface area contributed by atoms with E-state index in [1.165, 1.54) is 5.56 Å². The van der Waals surface area contributed by atoms with E-state index in [2.05, 4.69) is 48.1 Å². The molecule has 1 heterocycles. The molecule has 0 unspecified atom stereocenters. The van der Waals surface area contributed by atoms with E-state index in [1.54, 1.807) is 8.79 Å². The van der Waals surface area contributed by atoms with Gasteiger partial charge in [-0.1, -0.05) is 0 Å². The van der Waals surface area contributed by atoms with Gasteiger partial charge in [-0.25, -0.2) is 0 Å². The van der Waals surface area contributed by atoms with Crippen LogP contribution in [0.25, 0.3) is 0 Å². The topological polar surface area (TPSA) is 9.23 Å². The van der Waals surface area contributed by atoms with Crippen molar-refractivity contribution in [2.24, 2.45) is 0 Å². The second kappa shape index (κ2) is 3.13. The Balaban J connectivity index is 2.66. The Morgan fingerprint density at radius 3 is 2.14 bits per heavy atom. The van der Waals surface area contributed by atoms with Gasteiger partial charge in [0.25, 0.3) is 0 Å². The summed E-state index contributed by atoms with van der Waals surface area (Å²) in [6.07, 6.45) is 0. The Bertz CT molecular complexity index is 383. The van der Waals surface area contributed by atoms with E-state index in [0.717, 1.165) is 0 Å². The number of benzene rings is 1. The van der Waals surface area contributed by atoms with Crippen molar-refractivity contribution in [1.29, 1.82) is 0 Å². The zero-order valence-electron chi connectivity index (χ0n) is 9.64. The number of fused-ring (bicyclic) bond motifs is 1. The molecule has 1 aromatic rings. The molecule has 0 bridgehead atoms. The number of aryl methyl sites for hydroxylation is 1. The van der Waals surface area contributed by atoms with Gasteiger partial charge >= 0.3 is 92.5 Å². The van der Waals surface area contributed by atoms with E-state index >= 15 is 0 Å². The standard InChI is InChI=1S/C11H18Ge2O/c1-9-6-7-10-11(8-9)13(4,5)14-12(10,2)3/h6-8H,1-5H3. The molecule has 0 spiro atoms. The van der Waals surface area contributed by atoms with Crippen LogP contribution < -0.4 is 8.79 Å². The molecule has 0 saturated heterocycles. The molecule has 1 aliphatic rings. The van der Waals surface area contributed by atoms with Crippen molar-refractivity contribution in [3.8, 4) is 0 Å². The fraction of sp³-hybridized carbons (Fsp3) is 0.455. The fourth-order valence-electron chi connectivity index (χ4n) is 2.43. The van der Waals surface area contributed by atoms with E-state index in [-0.39, 0.29) is 0 Å². The molecule has 0 saturated carbocycles. The number of hydrogen-bond acceptors (Lipinski definition) is 1. The first-order valence-corrected chi connectivity index (χ1v) is 17.3. The maximum atomic E-state index is 6.44. The van der Waals surface area contributed by atoms with E-state index < -0.39 is 27.2 Å². The summed E-state index contributed by atoms with van der Waals surface area (Å²) in [5, 5.41) is 0. The Kier molecular flexibility index (Phi) is 2.41. The van der Waals surface area contributed by atoms with Crippen LogP contribution in [-0.4, -0.2) is 27.2 Å². The van der Waals surface area contributed by atoms with E-state index in [1.807, 2.05) is 0 Å². The summed E-state index contributed by atoms with van der Waals surface area (Å²) >= 11 is -4.11. The first-order valence-electron chi connectivity index (χ1n) is 5.15. The normalized spacial score (nSPS) is 22.1. The van der Waals surface area contributed by atoms with Gasteiger partial charge in [0.05, 0.1) is 0 Å². The van der Waals surface area contributed by atoms with Crippen LogP contribution in [0.1, 0.15) is 5.56 Å². The SMILES string of the molecule is Cc1cc[c]2[c](c1)[Ge]([CH3])([CH3])[O][Ge]2([CH3])[CH3]. The molecule has 76 valence electrons. The molecule has 0 atom stereocenters. The molecule has 1 aromatic carbocycles. The molecule has 0 radical (unpaired) electrons. The second-order valence-electron chi connectivity index (χ2n) is 5.17. The van der Waals surface area contributed by atoms with Gasteiger partial charge in [-0.15, -0.1) is 0 Å². The maximum absolute atomic E-state index is 6.44. The predicted octanol–water partition coefficient (Wildman–Crippen LogP) is 1.85. The molecule has 3 heteroatoms. The van der Waals surface area contributed by atoms with Gasteiger partial charge in [0.1, 0.15) is 0 Å². The molecule has 0 fully saturated rings. The van der Waals surface area contributed by atoms with Crippen LogP contribution >= 0.6 is 0 Å². The monoisotopic (exact) mass is 314 g/mol. The molecule has 0 aromatic heterocycles. The van der Waals surface area contributed by atoms with Gasteiger partial charge in [0, 0.05) is 0 Å². The van der Waals surface area contributed by atoms with Gasteiger partial charge in [0.15, 0.2) is 0 Å². The zero-order chi connectivity index (χ0) is 10.6. The third kappa shape index (κ3) is 1.59. The number of rotatable bonds is 0. The predicted molar refractivity (Wildman–Crippen MR) is 66.5 cm³/mol. The van der Waals surface area contributed by atoms with Crippen LogP contribution in [0.15, 0.2) is 18.2 Å². The van der Waals surface area contributed by atoms with E-state index in [0.29, 0.717) is 0 Å². The first-order chi connectivity index (χ1) is 6.33. The molecule has 1 aliphatic heterocycles. The van der Waals surface area contributed by atoms with Crippen LogP contribution in [0.2, 0.25) is 23.0 Å². The van der Waals surface area contributed by atoms with Crippen LogP contribution in [0.5, 0.6) is 0 Å². The van der Waals surface area contributed by atoms with Crippen molar-refractivity contribution in [3.63, 3.8) is 0 Å². The minimum absolute atomic E-state index is 1.38. The summed E-state index contributed by atoms with van der Waals surface area (Å²) in [7, 11) is 0.